The molecule has 2 aliphatic heterocycles. The van der Waals surface area contributed by atoms with Gasteiger partial charge >= 0.3 is 0 Å². The van der Waals surface area contributed by atoms with Gasteiger partial charge in [-0.15, -0.1) is 0 Å². The number of benzene rings is 1. The summed E-state index contributed by atoms with van der Waals surface area (Å²) in [6.45, 7) is 5.77. The maximum atomic E-state index is 6.03. The van der Waals surface area contributed by atoms with Crippen molar-refractivity contribution < 1.29 is 0 Å². The van der Waals surface area contributed by atoms with Crippen LogP contribution in [0.3, 0.4) is 0 Å². The number of piperidine rings is 1. The highest BCUT2D eigenvalue weighted by molar-refractivity contribution is 5.49. The molecule has 5 nitrogen and oxygen atoms in total. The maximum absolute atomic E-state index is 6.03. The van der Waals surface area contributed by atoms with E-state index in [-0.39, 0.29) is 0 Å². The predicted molar refractivity (Wildman–Crippen MR) is 96.9 cm³/mol. The summed E-state index contributed by atoms with van der Waals surface area (Å²) >= 11 is 0. The molecule has 0 radical (unpaired) electrons. The van der Waals surface area contributed by atoms with Gasteiger partial charge in [-0.05, 0) is 36.0 Å². The van der Waals surface area contributed by atoms with Crippen molar-refractivity contribution in [3.8, 4) is 0 Å². The summed E-state index contributed by atoms with van der Waals surface area (Å²) in [6.07, 6.45) is 4.30. The van der Waals surface area contributed by atoms with E-state index >= 15 is 0 Å². The molecule has 2 atom stereocenters. The first kappa shape index (κ1) is 15.4. The molecule has 0 amide bonds. The van der Waals surface area contributed by atoms with E-state index in [0.29, 0.717) is 18.5 Å². The summed E-state index contributed by atoms with van der Waals surface area (Å²) in [4.78, 5) is 14.1. The smallest absolute Gasteiger partial charge is 0.227 e. The molecule has 2 unspecified atom stereocenters. The highest BCUT2D eigenvalue weighted by atomic mass is 15.3. The van der Waals surface area contributed by atoms with Crippen LogP contribution in [0, 0.1) is 5.92 Å². The SMILES string of the molecule is CC1CCCN(c2nccc(N3Cc4ccccc4C3)n2)C1CN. The van der Waals surface area contributed by atoms with Crippen molar-refractivity contribution in [3.63, 3.8) is 0 Å². The average molecular weight is 323 g/mol. The normalized spacial score (nSPS) is 23.4. The Morgan fingerprint density at radius 3 is 2.62 bits per heavy atom. The second-order valence-corrected chi connectivity index (χ2v) is 6.96. The van der Waals surface area contributed by atoms with Crippen LogP contribution in [0.2, 0.25) is 0 Å². The number of fused-ring (bicyclic) bond motifs is 1. The van der Waals surface area contributed by atoms with Crippen LogP contribution in [0.4, 0.5) is 11.8 Å². The van der Waals surface area contributed by atoms with Crippen molar-refractivity contribution in [2.45, 2.75) is 38.9 Å². The molecule has 2 aromatic rings. The Bertz CT molecular complexity index is 691. The van der Waals surface area contributed by atoms with E-state index in [1.165, 1.54) is 24.0 Å². The van der Waals surface area contributed by atoms with Crippen LogP contribution in [-0.4, -0.2) is 29.1 Å². The minimum absolute atomic E-state index is 0.338. The van der Waals surface area contributed by atoms with Crippen LogP contribution in [0.5, 0.6) is 0 Å². The van der Waals surface area contributed by atoms with Gasteiger partial charge in [0.2, 0.25) is 5.95 Å². The monoisotopic (exact) mass is 323 g/mol. The van der Waals surface area contributed by atoms with Gasteiger partial charge in [0.1, 0.15) is 5.82 Å². The molecule has 3 heterocycles. The molecular formula is C19H25N5. The Balaban J connectivity index is 1.58. The third kappa shape index (κ3) is 2.73. The highest BCUT2D eigenvalue weighted by Gasteiger charge is 2.29. The molecule has 0 aliphatic carbocycles. The largest absolute Gasteiger partial charge is 0.348 e. The van der Waals surface area contributed by atoms with Gasteiger partial charge in [0.25, 0.3) is 0 Å². The highest BCUT2D eigenvalue weighted by Crippen LogP contribution is 2.30. The lowest BCUT2D eigenvalue weighted by molar-refractivity contribution is 0.346. The van der Waals surface area contributed by atoms with Crippen LogP contribution >= 0.6 is 0 Å². The maximum Gasteiger partial charge on any atom is 0.227 e. The summed E-state index contributed by atoms with van der Waals surface area (Å²) < 4.78 is 0. The Kier molecular flexibility index (Phi) is 4.10. The Hall–Kier alpha value is -2.14. The quantitative estimate of drug-likeness (QED) is 0.941. The number of rotatable bonds is 3. The van der Waals surface area contributed by atoms with Crippen LogP contribution in [0.15, 0.2) is 36.5 Å². The molecule has 1 aromatic heterocycles. The zero-order valence-corrected chi connectivity index (χ0v) is 14.2. The van der Waals surface area contributed by atoms with Gasteiger partial charge in [0, 0.05) is 38.4 Å². The van der Waals surface area contributed by atoms with E-state index in [1.807, 2.05) is 12.3 Å². The number of anilines is 2. The first-order chi connectivity index (χ1) is 11.8. The number of hydrogen-bond donors (Lipinski definition) is 1. The molecule has 24 heavy (non-hydrogen) atoms. The standard InChI is InChI=1S/C19H25N5/c1-14-5-4-10-24(17(14)11-20)19-21-9-8-18(22-19)23-12-15-6-2-3-7-16(15)13-23/h2-3,6-9,14,17H,4-5,10-13,20H2,1H3. The Labute approximate surface area is 143 Å². The van der Waals surface area contributed by atoms with E-state index in [0.717, 1.165) is 31.4 Å². The van der Waals surface area contributed by atoms with E-state index in [1.54, 1.807) is 0 Å². The molecule has 1 fully saturated rings. The predicted octanol–water partition coefficient (Wildman–Crippen LogP) is 2.56. The fourth-order valence-corrected chi connectivity index (χ4v) is 4.01. The molecule has 2 N–H and O–H groups in total. The molecule has 126 valence electrons. The fourth-order valence-electron chi connectivity index (χ4n) is 4.01. The number of nitrogens with two attached hydrogens (primary N) is 1. The summed E-state index contributed by atoms with van der Waals surface area (Å²) in [7, 11) is 0. The van der Waals surface area contributed by atoms with Crippen LogP contribution in [0.25, 0.3) is 0 Å². The van der Waals surface area contributed by atoms with Gasteiger partial charge in [0.05, 0.1) is 0 Å². The summed E-state index contributed by atoms with van der Waals surface area (Å²) in [5, 5.41) is 0. The van der Waals surface area contributed by atoms with Crippen molar-refractivity contribution in [2.75, 3.05) is 22.9 Å². The van der Waals surface area contributed by atoms with Crippen LogP contribution < -0.4 is 15.5 Å². The molecule has 1 saturated heterocycles. The molecule has 0 saturated carbocycles. The topological polar surface area (TPSA) is 58.3 Å². The number of hydrogen-bond acceptors (Lipinski definition) is 5. The van der Waals surface area contributed by atoms with Crippen molar-refractivity contribution in [1.29, 1.82) is 0 Å². The number of nitrogens with zero attached hydrogens (tertiary/aromatic N) is 4. The summed E-state index contributed by atoms with van der Waals surface area (Å²) in [6, 6.07) is 11.0. The van der Waals surface area contributed by atoms with E-state index in [9.17, 15) is 0 Å². The Morgan fingerprint density at radius 1 is 1.17 bits per heavy atom. The molecule has 1 aromatic carbocycles. The minimum atomic E-state index is 0.338. The van der Waals surface area contributed by atoms with Crippen LogP contribution in [0.1, 0.15) is 30.9 Å². The molecule has 4 rings (SSSR count). The van der Waals surface area contributed by atoms with Crippen molar-refractivity contribution in [1.82, 2.24) is 9.97 Å². The lowest BCUT2D eigenvalue weighted by Gasteiger charge is -2.39. The van der Waals surface area contributed by atoms with Gasteiger partial charge in [0.15, 0.2) is 0 Å². The molecule has 5 heteroatoms. The van der Waals surface area contributed by atoms with Gasteiger partial charge in [-0.1, -0.05) is 31.2 Å². The molecule has 2 aliphatic rings. The van der Waals surface area contributed by atoms with E-state index in [2.05, 4.69) is 46.0 Å². The second kappa shape index (κ2) is 6.40. The first-order valence-electron chi connectivity index (χ1n) is 8.88. The molecular weight excluding hydrogens is 298 g/mol. The van der Waals surface area contributed by atoms with Gasteiger partial charge in [-0.25, -0.2) is 4.98 Å². The number of aromatic nitrogens is 2. The lowest BCUT2D eigenvalue weighted by atomic mass is 9.91. The van der Waals surface area contributed by atoms with Gasteiger partial charge < -0.3 is 15.5 Å². The zero-order chi connectivity index (χ0) is 16.5. The Morgan fingerprint density at radius 2 is 1.92 bits per heavy atom. The molecule has 0 bridgehead atoms. The van der Waals surface area contributed by atoms with Crippen molar-refractivity contribution >= 4 is 11.8 Å². The minimum Gasteiger partial charge on any atom is -0.348 e. The van der Waals surface area contributed by atoms with Gasteiger partial charge in [-0.2, -0.15) is 4.98 Å². The van der Waals surface area contributed by atoms with Crippen LogP contribution in [-0.2, 0) is 13.1 Å². The van der Waals surface area contributed by atoms with E-state index in [4.69, 9.17) is 10.7 Å². The lowest BCUT2D eigenvalue weighted by Crippen LogP contribution is -2.49. The zero-order valence-electron chi connectivity index (χ0n) is 14.2. The third-order valence-corrected chi connectivity index (χ3v) is 5.41. The fraction of sp³-hybridized carbons (Fsp3) is 0.474. The second-order valence-electron chi connectivity index (χ2n) is 6.96. The summed E-state index contributed by atoms with van der Waals surface area (Å²) in [5.74, 6) is 2.42. The average Bonchev–Trinajstić information content (AvgIpc) is 3.06. The third-order valence-electron chi connectivity index (χ3n) is 5.41. The van der Waals surface area contributed by atoms with Crippen molar-refractivity contribution in [2.24, 2.45) is 11.7 Å². The van der Waals surface area contributed by atoms with Crippen molar-refractivity contribution in [3.05, 3.63) is 47.7 Å². The summed E-state index contributed by atoms with van der Waals surface area (Å²) in [5.41, 5.74) is 8.82. The van der Waals surface area contributed by atoms with E-state index < -0.39 is 0 Å². The van der Waals surface area contributed by atoms with Gasteiger partial charge in [-0.3, -0.25) is 0 Å². The first-order valence-corrected chi connectivity index (χ1v) is 8.88. The molecule has 0 spiro atoms.